The lowest BCUT2D eigenvalue weighted by atomic mass is 9.89. The zero-order valence-corrected chi connectivity index (χ0v) is 30.8. The molecule has 0 saturated carbocycles. The van der Waals surface area contributed by atoms with E-state index in [-0.39, 0.29) is 0 Å². The Kier molecular flexibility index (Phi) is 7.78. The van der Waals surface area contributed by atoms with E-state index in [2.05, 4.69) is 140 Å². The predicted octanol–water partition coefficient (Wildman–Crippen LogP) is 14.1. The molecule has 11 rings (SSSR count). The van der Waals surface area contributed by atoms with E-state index in [4.69, 9.17) is 19.4 Å². The van der Waals surface area contributed by atoms with Crippen LogP contribution in [0.1, 0.15) is 0 Å². The summed E-state index contributed by atoms with van der Waals surface area (Å²) in [4.78, 5) is 15.0. The molecule has 266 valence electrons. The number of hydrogen-bond acceptors (Lipinski definition) is 4. The van der Waals surface area contributed by atoms with Gasteiger partial charge in [-0.3, -0.25) is 0 Å². The van der Waals surface area contributed by atoms with Gasteiger partial charge < -0.3 is 4.42 Å². The van der Waals surface area contributed by atoms with Gasteiger partial charge in [-0.2, -0.15) is 0 Å². The molecule has 9 aromatic carbocycles. The summed E-state index contributed by atoms with van der Waals surface area (Å²) in [6, 6.07) is 70.1. The third-order valence-electron chi connectivity index (χ3n) is 10.9. The lowest BCUT2D eigenvalue weighted by Gasteiger charge is -2.14. The van der Waals surface area contributed by atoms with Crippen molar-refractivity contribution in [3.05, 3.63) is 200 Å². The number of rotatable bonds is 6. The fourth-order valence-electron chi connectivity index (χ4n) is 8.06. The van der Waals surface area contributed by atoms with E-state index in [9.17, 15) is 0 Å². The van der Waals surface area contributed by atoms with Crippen LogP contribution in [-0.4, -0.2) is 15.0 Å². The highest BCUT2D eigenvalue weighted by Crippen LogP contribution is 2.40. The number of aromatic nitrogens is 3. The van der Waals surface area contributed by atoms with Gasteiger partial charge in [0.2, 0.25) is 0 Å². The fraction of sp³-hybridized carbons (Fsp3) is 0. The predicted molar refractivity (Wildman–Crippen MR) is 235 cm³/mol. The van der Waals surface area contributed by atoms with Crippen LogP contribution in [0, 0.1) is 0 Å². The van der Waals surface area contributed by atoms with Gasteiger partial charge >= 0.3 is 0 Å². The number of fused-ring (bicyclic) bond motifs is 5. The van der Waals surface area contributed by atoms with Crippen LogP contribution in [0.4, 0.5) is 0 Å². The van der Waals surface area contributed by atoms with Gasteiger partial charge in [0.1, 0.15) is 11.3 Å². The molecular weight excluding hydrogens is 695 g/mol. The standard InChI is InChI=1S/C53H33N3O/c1-2-12-38(13-3-1)51-54-52(56-53(55-51)43-17-10-16-41(31-43)49-33-42-15-6-9-20-48(42)57-49)39-27-23-35(24-28-39)34-21-25-37(26-22-34)50-45-19-8-5-14-40(45)32-47-44-18-7-4-11-36(44)29-30-46(47)50/h1-33H. The van der Waals surface area contributed by atoms with E-state index < -0.39 is 0 Å². The van der Waals surface area contributed by atoms with Crippen molar-refractivity contribution in [2.24, 2.45) is 0 Å². The van der Waals surface area contributed by atoms with Gasteiger partial charge in [-0.25, -0.2) is 15.0 Å². The van der Waals surface area contributed by atoms with Crippen molar-refractivity contribution in [3.63, 3.8) is 0 Å². The summed E-state index contributed by atoms with van der Waals surface area (Å²) in [5, 5.41) is 8.63. The molecule has 0 radical (unpaired) electrons. The minimum absolute atomic E-state index is 0.602. The molecule has 0 unspecified atom stereocenters. The Labute approximate surface area is 329 Å². The highest BCUT2D eigenvalue weighted by molar-refractivity contribution is 6.20. The minimum Gasteiger partial charge on any atom is -0.456 e. The normalized spacial score (nSPS) is 11.5. The molecule has 0 aliphatic rings. The molecule has 0 bridgehead atoms. The van der Waals surface area contributed by atoms with Crippen LogP contribution >= 0.6 is 0 Å². The van der Waals surface area contributed by atoms with Gasteiger partial charge in [0, 0.05) is 27.6 Å². The highest BCUT2D eigenvalue weighted by Gasteiger charge is 2.16. The number of para-hydroxylation sites is 1. The number of nitrogens with zero attached hydrogens (tertiary/aromatic N) is 3. The molecule has 2 aromatic heterocycles. The summed E-state index contributed by atoms with van der Waals surface area (Å²) in [5.74, 6) is 2.65. The SMILES string of the molecule is c1ccc(-c2nc(-c3ccc(-c4ccc(-c5c6ccccc6cc6c5ccc5ccccc56)cc4)cc3)nc(-c3cccc(-c4cc5ccccc5o4)c3)n2)cc1. The van der Waals surface area contributed by atoms with E-state index in [1.165, 1.54) is 43.4 Å². The maximum absolute atomic E-state index is 6.20. The first-order valence-electron chi connectivity index (χ1n) is 19.2. The van der Waals surface area contributed by atoms with Crippen molar-refractivity contribution in [2.75, 3.05) is 0 Å². The molecule has 2 heterocycles. The van der Waals surface area contributed by atoms with Crippen molar-refractivity contribution in [3.8, 4) is 67.7 Å². The average molecular weight is 728 g/mol. The molecule has 0 fully saturated rings. The fourth-order valence-corrected chi connectivity index (χ4v) is 8.06. The lowest BCUT2D eigenvalue weighted by molar-refractivity contribution is 0.631. The lowest BCUT2D eigenvalue weighted by Crippen LogP contribution is -2.00. The summed E-state index contributed by atoms with van der Waals surface area (Å²) < 4.78 is 6.20. The Morgan fingerprint density at radius 1 is 0.281 bits per heavy atom. The number of hydrogen-bond donors (Lipinski definition) is 0. The van der Waals surface area contributed by atoms with E-state index in [1.807, 2.05) is 60.7 Å². The number of furan rings is 1. The second kappa shape index (κ2) is 13.6. The molecule has 57 heavy (non-hydrogen) atoms. The molecule has 0 atom stereocenters. The monoisotopic (exact) mass is 727 g/mol. The van der Waals surface area contributed by atoms with Gasteiger partial charge in [0.05, 0.1) is 0 Å². The molecule has 0 saturated heterocycles. The van der Waals surface area contributed by atoms with Crippen molar-refractivity contribution >= 4 is 43.3 Å². The van der Waals surface area contributed by atoms with Crippen LogP contribution in [0.25, 0.3) is 111 Å². The summed E-state index contributed by atoms with van der Waals surface area (Å²) in [6.07, 6.45) is 0. The molecule has 4 heteroatoms. The summed E-state index contributed by atoms with van der Waals surface area (Å²) >= 11 is 0. The zero-order valence-electron chi connectivity index (χ0n) is 30.8. The van der Waals surface area contributed by atoms with Crippen molar-refractivity contribution < 1.29 is 4.42 Å². The van der Waals surface area contributed by atoms with Gasteiger partial charge in [0.15, 0.2) is 17.5 Å². The number of benzene rings is 9. The summed E-state index contributed by atoms with van der Waals surface area (Å²) in [5.41, 5.74) is 9.28. The molecule has 4 nitrogen and oxygen atoms in total. The highest BCUT2D eigenvalue weighted by atomic mass is 16.3. The summed E-state index contributed by atoms with van der Waals surface area (Å²) in [7, 11) is 0. The Hall–Kier alpha value is -7.69. The van der Waals surface area contributed by atoms with Crippen LogP contribution < -0.4 is 0 Å². The van der Waals surface area contributed by atoms with Crippen LogP contribution in [0.2, 0.25) is 0 Å². The first kappa shape index (κ1) is 32.7. The van der Waals surface area contributed by atoms with Crippen LogP contribution in [0.15, 0.2) is 205 Å². The third kappa shape index (κ3) is 5.92. The largest absolute Gasteiger partial charge is 0.456 e. The molecule has 0 spiro atoms. The van der Waals surface area contributed by atoms with Crippen molar-refractivity contribution in [2.45, 2.75) is 0 Å². The van der Waals surface area contributed by atoms with Crippen LogP contribution in [-0.2, 0) is 0 Å². The van der Waals surface area contributed by atoms with Crippen LogP contribution in [0.5, 0.6) is 0 Å². The van der Waals surface area contributed by atoms with Crippen molar-refractivity contribution in [1.29, 1.82) is 0 Å². The molecule has 0 N–H and O–H groups in total. The Morgan fingerprint density at radius 3 is 1.56 bits per heavy atom. The molecular formula is C53H33N3O. The van der Waals surface area contributed by atoms with E-state index in [0.717, 1.165) is 50.1 Å². The molecule has 0 aliphatic heterocycles. The smallest absolute Gasteiger partial charge is 0.164 e. The van der Waals surface area contributed by atoms with Gasteiger partial charge in [0.25, 0.3) is 0 Å². The maximum atomic E-state index is 6.20. The minimum atomic E-state index is 0.602. The zero-order chi connectivity index (χ0) is 37.7. The van der Waals surface area contributed by atoms with Gasteiger partial charge in [-0.1, -0.05) is 176 Å². The second-order valence-corrected chi connectivity index (χ2v) is 14.4. The first-order valence-corrected chi connectivity index (χ1v) is 19.2. The maximum Gasteiger partial charge on any atom is 0.164 e. The molecule has 0 aliphatic carbocycles. The topological polar surface area (TPSA) is 51.8 Å². The van der Waals surface area contributed by atoms with E-state index in [0.29, 0.717) is 17.5 Å². The van der Waals surface area contributed by atoms with E-state index in [1.54, 1.807) is 0 Å². The quantitative estimate of drug-likeness (QED) is 0.126. The van der Waals surface area contributed by atoms with Crippen LogP contribution in [0.3, 0.4) is 0 Å². The van der Waals surface area contributed by atoms with E-state index >= 15 is 0 Å². The van der Waals surface area contributed by atoms with Gasteiger partial charge in [-0.15, -0.1) is 0 Å². The summed E-state index contributed by atoms with van der Waals surface area (Å²) in [6.45, 7) is 0. The second-order valence-electron chi connectivity index (χ2n) is 14.4. The Morgan fingerprint density at radius 2 is 0.825 bits per heavy atom. The molecule has 11 aromatic rings. The average Bonchev–Trinajstić information content (AvgIpc) is 3.73. The Balaban J connectivity index is 0.952. The molecule has 0 amide bonds. The van der Waals surface area contributed by atoms with Gasteiger partial charge in [-0.05, 0) is 78.8 Å². The third-order valence-corrected chi connectivity index (χ3v) is 10.9. The Bertz CT molecular complexity index is 3240. The first-order chi connectivity index (χ1) is 28.2. The van der Waals surface area contributed by atoms with Crippen molar-refractivity contribution in [1.82, 2.24) is 15.0 Å².